The SMILES string of the molecule is O=C(NC1CC1c1ccc(Br)cc1)C1CCCC1O. The lowest BCUT2D eigenvalue weighted by atomic mass is 10.1. The third-order valence-electron chi connectivity index (χ3n) is 4.23. The number of hydrogen-bond acceptors (Lipinski definition) is 2. The molecule has 0 heterocycles. The van der Waals surface area contributed by atoms with E-state index < -0.39 is 6.10 Å². The molecule has 0 saturated heterocycles. The van der Waals surface area contributed by atoms with Gasteiger partial charge in [0.2, 0.25) is 5.91 Å². The van der Waals surface area contributed by atoms with Gasteiger partial charge < -0.3 is 10.4 Å². The third kappa shape index (κ3) is 2.84. The molecule has 2 fully saturated rings. The van der Waals surface area contributed by atoms with Crippen LogP contribution in [0.2, 0.25) is 0 Å². The zero-order valence-electron chi connectivity index (χ0n) is 10.7. The maximum Gasteiger partial charge on any atom is 0.225 e. The van der Waals surface area contributed by atoms with Crippen LogP contribution >= 0.6 is 15.9 Å². The summed E-state index contributed by atoms with van der Waals surface area (Å²) in [6.45, 7) is 0. The van der Waals surface area contributed by atoms with E-state index in [0.717, 1.165) is 30.2 Å². The Balaban J connectivity index is 1.55. The summed E-state index contributed by atoms with van der Waals surface area (Å²) < 4.78 is 1.08. The largest absolute Gasteiger partial charge is 0.392 e. The molecule has 2 aliphatic rings. The molecule has 102 valence electrons. The Morgan fingerprint density at radius 1 is 1.26 bits per heavy atom. The summed E-state index contributed by atoms with van der Waals surface area (Å²) in [5.41, 5.74) is 1.28. The molecule has 2 saturated carbocycles. The standard InChI is InChI=1S/C15H18BrNO2/c16-10-6-4-9(5-7-10)12-8-13(12)17-15(19)11-2-1-3-14(11)18/h4-7,11-14,18H,1-3,8H2,(H,17,19). The molecule has 1 amide bonds. The van der Waals surface area contributed by atoms with E-state index in [2.05, 4.69) is 33.4 Å². The summed E-state index contributed by atoms with van der Waals surface area (Å²) in [5, 5.41) is 12.8. The second-order valence-corrected chi connectivity index (χ2v) is 6.53. The number of aliphatic hydroxyl groups excluding tert-OH is 1. The van der Waals surface area contributed by atoms with Crippen molar-refractivity contribution in [1.29, 1.82) is 0 Å². The third-order valence-corrected chi connectivity index (χ3v) is 4.76. The number of amides is 1. The summed E-state index contributed by atoms with van der Waals surface area (Å²) >= 11 is 3.42. The minimum absolute atomic E-state index is 0.0367. The summed E-state index contributed by atoms with van der Waals surface area (Å²) in [4.78, 5) is 12.1. The fourth-order valence-corrected chi connectivity index (χ4v) is 3.23. The molecule has 0 aliphatic heterocycles. The Kier molecular flexibility index (Phi) is 3.63. The molecule has 1 aromatic carbocycles. The minimum Gasteiger partial charge on any atom is -0.392 e. The van der Waals surface area contributed by atoms with Crippen molar-refractivity contribution in [2.75, 3.05) is 0 Å². The van der Waals surface area contributed by atoms with Crippen molar-refractivity contribution in [1.82, 2.24) is 5.32 Å². The van der Waals surface area contributed by atoms with Crippen molar-refractivity contribution >= 4 is 21.8 Å². The van der Waals surface area contributed by atoms with Crippen LogP contribution in [0, 0.1) is 5.92 Å². The molecule has 3 nitrogen and oxygen atoms in total. The van der Waals surface area contributed by atoms with Crippen molar-refractivity contribution in [3.63, 3.8) is 0 Å². The average Bonchev–Trinajstić information content (AvgIpc) is 3.01. The van der Waals surface area contributed by atoms with E-state index in [-0.39, 0.29) is 17.9 Å². The average molecular weight is 324 g/mol. The number of hydrogen-bond donors (Lipinski definition) is 2. The van der Waals surface area contributed by atoms with Crippen molar-refractivity contribution in [2.45, 2.75) is 43.7 Å². The van der Waals surface area contributed by atoms with Gasteiger partial charge in [0.15, 0.2) is 0 Å². The number of carbonyl (C=O) groups excluding carboxylic acids is 1. The van der Waals surface area contributed by atoms with Crippen LogP contribution in [-0.2, 0) is 4.79 Å². The summed E-state index contributed by atoms with van der Waals surface area (Å²) in [7, 11) is 0. The molecule has 2 aliphatic carbocycles. The van der Waals surface area contributed by atoms with Gasteiger partial charge >= 0.3 is 0 Å². The van der Waals surface area contributed by atoms with Gasteiger partial charge in [0.05, 0.1) is 12.0 Å². The highest BCUT2D eigenvalue weighted by Crippen LogP contribution is 2.41. The Labute approximate surface area is 121 Å². The highest BCUT2D eigenvalue weighted by atomic mass is 79.9. The van der Waals surface area contributed by atoms with E-state index in [1.807, 2.05) is 12.1 Å². The van der Waals surface area contributed by atoms with Crippen molar-refractivity contribution in [3.8, 4) is 0 Å². The Hall–Kier alpha value is -0.870. The van der Waals surface area contributed by atoms with Gasteiger partial charge in [-0.3, -0.25) is 4.79 Å². The van der Waals surface area contributed by atoms with E-state index in [1.54, 1.807) is 0 Å². The molecule has 4 heteroatoms. The lowest BCUT2D eigenvalue weighted by Gasteiger charge is -2.14. The highest BCUT2D eigenvalue weighted by Gasteiger charge is 2.41. The van der Waals surface area contributed by atoms with Crippen LogP contribution in [0.1, 0.15) is 37.2 Å². The van der Waals surface area contributed by atoms with E-state index in [4.69, 9.17) is 0 Å². The molecule has 0 radical (unpaired) electrons. The fraction of sp³-hybridized carbons (Fsp3) is 0.533. The zero-order valence-corrected chi connectivity index (χ0v) is 12.3. The maximum atomic E-state index is 12.1. The molecule has 1 aromatic rings. The lowest BCUT2D eigenvalue weighted by Crippen LogP contribution is -2.36. The number of aliphatic hydroxyl groups is 1. The first kappa shape index (κ1) is 13.1. The molecule has 0 aromatic heterocycles. The maximum absolute atomic E-state index is 12.1. The predicted molar refractivity (Wildman–Crippen MR) is 76.8 cm³/mol. The molecular formula is C15H18BrNO2. The second kappa shape index (κ2) is 5.25. The second-order valence-electron chi connectivity index (χ2n) is 5.61. The molecule has 19 heavy (non-hydrogen) atoms. The predicted octanol–water partition coefficient (Wildman–Crippen LogP) is 2.58. The minimum atomic E-state index is -0.440. The zero-order chi connectivity index (χ0) is 13.4. The van der Waals surface area contributed by atoms with Gasteiger partial charge in [0.25, 0.3) is 0 Å². The summed E-state index contributed by atoms with van der Waals surface area (Å²) in [6, 6.07) is 8.53. The monoisotopic (exact) mass is 323 g/mol. The fourth-order valence-electron chi connectivity index (χ4n) is 2.97. The molecular weight excluding hydrogens is 306 g/mol. The normalized spacial score (nSPS) is 33.2. The molecule has 2 N–H and O–H groups in total. The van der Waals surface area contributed by atoms with Gasteiger partial charge in [-0.1, -0.05) is 28.1 Å². The van der Waals surface area contributed by atoms with Crippen molar-refractivity contribution in [2.24, 2.45) is 5.92 Å². The van der Waals surface area contributed by atoms with Gasteiger partial charge in [-0.2, -0.15) is 0 Å². The van der Waals surface area contributed by atoms with Crippen molar-refractivity contribution < 1.29 is 9.90 Å². The molecule has 3 rings (SSSR count). The van der Waals surface area contributed by atoms with Gasteiger partial charge in [-0.05, 0) is 43.4 Å². The highest BCUT2D eigenvalue weighted by molar-refractivity contribution is 9.10. The van der Waals surface area contributed by atoms with E-state index in [9.17, 15) is 9.90 Å². The van der Waals surface area contributed by atoms with E-state index in [0.29, 0.717) is 5.92 Å². The first-order chi connectivity index (χ1) is 9.15. The van der Waals surface area contributed by atoms with Crippen LogP contribution in [0.4, 0.5) is 0 Å². The number of carbonyl (C=O) groups is 1. The van der Waals surface area contributed by atoms with E-state index >= 15 is 0 Å². The van der Waals surface area contributed by atoms with Gasteiger partial charge in [-0.25, -0.2) is 0 Å². The molecule has 4 unspecified atom stereocenters. The quantitative estimate of drug-likeness (QED) is 0.898. The van der Waals surface area contributed by atoms with Crippen LogP contribution in [0.15, 0.2) is 28.7 Å². The molecule has 4 atom stereocenters. The lowest BCUT2D eigenvalue weighted by molar-refractivity contribution is -0.127. The topological polar surface area (TPSA) is 49.3 Å². The van der Waals surface area contributed by atoms with Crippen LogP contribution in [0.5, 0.6) is 0 Å². The van der Waals surface area contributed by atoms with Gasteiger partial charge in [0.1, 0.15) is 0 Å². The van der Waals surface area contributed by atoms with Gasteiger partial charge in [0, 0.05) is 16.4 Å². The summed E-state index contributed by atoms with van der Waals surface area (Å²) in [6.07, 6.45) is 3.11. The Morgan fingerprint density at radius 2 is 2.00 bits per heavy atom. The van der Waals surface area contributed by atoms with Crippen LogP contribution in [-0.4, -0.2) is 23.2 Å². The smallest absolute Gasteiger partial charge is 0.225 e. The molecule has 0 spiro atoms. The van der Waals surface area contributed by atoms with E-state index in [1.165, 1.54) is 5.56 Å². The van der Waals surface area contributed by atoms with Crippen LogP contribution < -0.4 is 5.32 Å². The van der Waals surface area contributed by atoms with Crippen molar-refractivity contribution in [3.05, 3.63) is 34.3 Å². The van der Waals surface area contributed by atoms with Gasteiger partial charge in [-0.15, -0.1) is 0 Å². The van der Waals surface area contributed by atoms with Crippen LogP contribution in [0.3, 0.4) is 0 Å². The number of nitrogens with one attached hydrogen (secondary N) is 1. The first-order valence-electron chi connectivity index (χ1n) is 6.89. The molecule has 0 bridgehead atoms. The summed E-state index contributed by atoms with van der Waals surface area (Å²) in [5.74, 6) is 0.288. The Morgan fingerprint density at radius 3 is 2.63 bits per heavy atom. The first-order valence-corrected chi connectivity index (χ1v) is 7.68. The Bertz CT molecular complexity index is 474. The number of halogens is 1. The number of benzene rings is 1. The van der Waals surface area contributed by atoms with Crippen LogP contribution in [0.25, 0.3) is 0 Å². The number of rotatable bonds is 3.